The number of hydrogen-bond acceptors (Lipinski definition) is 4. The lowest BCUT2D eigenvalue weighted by atomic mass is 9.82. The number of aromatic nitrogens is 1. The SMILES string of the molecule is O=C(O)[C@H]1CC[C@H](CNc2cc(-c3c(F)cccc3F)cc(-c3ccccc3O)n2)CC1. The number of phenols is 1. The van der Waals surface area contributed by atoms with Gasteiger partial charge in [-0.3, -0.25) is 4.79 Å². The van der Waals surface area contributed by atoms with Crippen molar-refractivity contribution in [2.24, 2.45) is 11.8 Å². The highest BCUT2D eigenvalue weighted by Crippen LogP contribution is 2.35. The summed E-state index contributed by atoms with van der Waals surface area (Å²) in [7, 11) is 0. The molecule has 1 saturated carbocycles. The standard InChI is InChI=1S/C25H24F2N2O3/c26-19-5-3-6-20(27)24(19)17-12-21(18-4-1-2-7-22(18)30)29-23(13-17)28-14-15-8-10-16(11-9-15)25(31)32/h1-7,12-13,15-16,30H,8-11,14H2,(H,28,29)(H,31,32)/t15-,16-. The van der Waals surface area contributed by atoms with E-state index in [1.165, 1.54) is 24.3 Å². The second-order valence-electron chi connectivity index (χ2n) is 8.18. The first-order valence-corrected chi connectivity index (χ1v) is 10.6. The average Bonchev–Trinajstić information content (AvgIpc) is 2.78. The molecule has 1 aromatic heterocycles. The molecule has 0 saturated heterocycles. The van der Waals surface area contributed by atoms with E-state index in [1.807, 2.05) is 0 Å². The number of aliphatic carboxylic acids is 1. The van der Waals surface area contributed by atoms with Crippen molar-refractivity contribution in [2.75, 3.05) is 11.9 Å². The van der Waals surface area contributed by atoms with Gasteiger partial charge in [-0.15, -0.1) is 0 Å². The molecule has 0 spiro atoms. The first-order chi connectivity index (χ1) is 15.4. The van der Waals surface area contributed by atoms with Crippen LogP contribution in [0.2, 0.25) is 0 Å². The normalized spacial score (nSPS) is 18.3. The Morgan fingerprint density at radius 2 is 1.69 bits per heavy atom. The molecule has 4 rings (SSSR count). The minimum atomic E-state index is -0.745. The van der Waals surface area contributed by atoms with Gasteiger partial charge in [0, 0.05) is 12.1 Å². The molecule has 1 heterocycles. The molecule has 1 fully saturated rings. The zero-order valence-corrected chi connectivity index (χ0v) is 17.4. The summed E-state index contributed by atoms with van der Waals surface area (Å²) in [6.07, 6.45) is 2.85. The maximum atomic E-state index is 14.5. The third kappa shape index (κ3) is 4.72. The summed E-state index contributed by atoms with van der Waals surface area (Å²) in [5.41, 5.74) is 0.999. The first-order valence-electron chi connectivity index (χ1n) is 10.6. The van der Waals surface area contributed by atoms with E-state index in [2.05, 4.69) is 10.3 Å². The minimum absolute atomic E-state index is 0.0177. The number of nitrogens with zero attached hydrogens (tertiary/aromatic N) is 1. The van der Waals surface area contributed by atoms with Crippen molar-refractivity contribution in [2.45, 2.75) is 25.7 Å². The highest BCUT2D eigenvalue weighted by atomic mass is 19.1. The maximum absolute atomic E-state index is 14.5. The Labute approximate surface area is 184 Å². The maximum Gasteiger partial charge on any atom is 0.306 e. The van der Waals surface area contributed by atoms with Gasteiger partial charge >= 0.3 is 5.97 Å². The number of hydrogen-bond donors (Lipinski definition) is 3. The molecule has 0 radical (unpaired) electrons. The fourth-order valence-corrected chi connectivity index (χ4v) is 4.23. The smallest absolute Gasteiger partial charge is 0.306 e. The van der Waals surface area contributed by atoms with Gasteiger partial charge in [-0.05, 0) is 73.6 Å². The van der Waals surface area contributed by atoms with E-state index >= 15 is 0 Å². The highest BCUT2D eigenvalue weighted by molar-refractivity contribution is 5.76. The van der Waals surface area contributed by atoms with Gasteiger partial charge in [0.05, 0.1) is 17.2 Å². The number of para-hydroxylation sites is 1. The number of nitrogens with one attached hydrogen (secondary N) is 1. The van der Waals surface area contributed by atoms with Crippen molar-refractivity contribution in [3.8, 4) is 28.1 Å². The van der Waals surface area contributed by atoms with Crippen LogP contribution in [-0.2, 0) is 4.79 Å². The van der Waals surface area contributed by atoms with Crippen LogP contribution in [0.4, 0.5) is 14.6 Å². The van der Waals surface area contributed by atoms with E-state index in [1.54, 1.807) is 30.3 Å². The number of carboxylic acid groups (broad SMARTS) is 1. The molecule has 7 heteroatoms. The topological polar surface area (TPSA) is 82.5 Å². The van der Waals surface area contributed by atoms with Gasteiger partial charge in [0.1, 0.15) is 23.2 Å². The molecule has 0 aliphatic heterocycles. The molecule has 3 N–H and O–H groups in total. The Balaban J connectivity index is 1.64. The summed E-state index contributed by atoms with van der Waals surface area (Å²) in [6, 6.07) is 13.5. The van der Waals surface area contributed by atoms with Crippen LogP contribution >= 0.6 is 0 Å². The molecule has 0 bridgehead atoms. The molecule has 0 amide bonds. The molecular formula is C25H24F2N2O3. The molecule has 32 heavy (non-hydrogen) atoms. The lowest BCUT2D eigenvalue weighted by Crippen LogP contribution is -2.25. The molecule has 2 aromatic carbocycles. The summed E-state index contributed by atoms with van der Waals surface area (Å²) in [5, 5.41) is 22.7. The number of pyridine rings is 1. The largest absolute Gasteiger partial charge is 0.507 e. The van der Waals surface area contributed by atoms with E-state index < -0.39 is 17.6 Å². The van der Waals surface area contributed by atoms with Crippen LogP contribution in [0.5, 0.6) is 5.75 Å². The Morgan fingerprint density at radius 1 is 1.00 bits per heavy atom. The van der Waals surface area contributed by atoms with Gasteiger partial charge < -0.3 is 15.5 Å². The van der Waals surface area contributed by atoms with Gasteiger partial charge in [-0.2, -0.15) is 0 Å². The van der Waals surface area contributed by atoms with Crippen LogP contribution < -0.4 is 5.32 Å². The monoisotopic (exact) mass is 438 g/mol. The number of phenolic OH excluding ortho intramolecular Hbond substituents is 1. The molecule has 1 aliphatic carbocycles. The predicted molar refractivity (Wildman–Crippen MR) is 118 cm³/mol. The fourth-order valence-electron chi connectivity index (χ4n) is 4.23. The molecular weight excluding hydrogens is 414 g/mol. The zero-order valence-electron chi connectivity index (χ0n) is 17.4. The second kappa shape index (κ2) is 9.34. The van der Waals surface area contributed by atoms with E-state index in [4.69, 9.17) is 5.11 Å². The van der Waals surface area contributed by atoms with Crippen LogP contribution in [0.15, 0.2) is 54.6 Å². The molecule has 5 nitrogen and oxygen atoms in total. The number of benzene rings is 2. The van der Waals surface area contributed by atoms with Crippen LogP contribution in [0.25, 0.3) is 22.4 Å². The van der Waals surface area contributed by atoms with Gasteiger partial charge in [0.15, 0.2) is 0 Å². The number of halogens is 2. The molecule has 1 aliphatic rings. The van der Waals surface area contributed by atoms with Crippen LogP contribution in [0, 0.1) is 23.5 Å². The van der Waals surface area contributed by atoms with E-state index in [9.17, 15) is 18.7 Å². The van der Waals surface area contributed by atoms with E-state index in [0.29, 0.717) is 42.0 Å². The third-order valence-corrected chi connectivity index (χ3v) is 6.02. The lowest BCUT2D eigenvalue weighted by molar-refractivity contribution is -0.143. The fraction of sp³-hybridized carbons (Fsp3) is 0.280. The highest BCUT2D eigenvalue weighted by Gasteiger charge is 2.26. The van der Waals surface area contributed by atoms with Gasteiger partial charge in [-0.25, -0.2) is 13.8 Å². The molecule has 0 unspecified atom stereocenters. The lowest BCUT2D eigenvalue weighted by Gasteiger charge is -2.26. The Hall–Kier alpha value is -3.48. The molecule has 166 valence electrons. The Kier molecular flexibility index (Phi) is 6.35. The number of carbonyl (C=O) groups is 1. The number of aromatic hydroxyl groups is 1. The predicted octanol–water partition coefficient (Wildman–Crippen LogP) is 5.70. The van der Waals surface area contributed by atoms with Crippen LogP contribution in [0.1, 0.15) is 25.7 Å². The van der Waals surface area contributed by atoms with E-state index in [0.717, 1.165) is 12.8 Å². The minimum Gasteiger partial charge on any atom is -0.507 e. The summed E-state index contributed by atoms with van der Waals surface area (Å²) >= 11 is 0. The summed E-state index contributed by atoms with van der Waals surface area (Å²) < 4.78 is 29.0. The molecule has 0 atom stereocenters. The van der Waals surface area contributed by atoms with Crippen molar-refractivity contribution in [1.82, 2.24) is 4.98 Å². The van der Waals surface area contributed by atoms with Gasteiger partial charge in [-0.1, -0.05) is 18.2 Å². The van der Waals surface area contributed by atoms with Crippen molar-refractivity contribution < 1.29 is 23.8 Å². The van der Waals surface area contributed by atoms with Crippen molar-refractivity contribution in [3.05, 3.63) is 66.2 Å². The number of rotatable bonds is 6. The summed E-state index contributed by atoms with van der Waals surface area (Å²) in [4.78, 5) is 15.7. The van der Waals surface area contributed by atoms with Crippen molar-refractivity contribution in [3.63, 3.8) is 0 Å². The van der Waals surface area contributed by atoms with Crippen molar-refractivity contribution >= 4 is 11.8 Å². The number of anilines is 1. The van der Waals surface area contributed by atoms with Crippen LogP contribution in [-0.4, -0.2) is 27.7 Å². The van der Waals surface area contributed by atoms with Gasteiger partial charge in [0.25, 0.3) is 0 Å². The second-order valence-corrected chi connectivity index (χ2v) is 8.18. The molecule has 3 aromatic rings. The van der Waals surface area contributed by atoms with Crippen molar-refractivity contribution in [1.29, 1.82) is 0 Å². The number of carboxylic acids is 1. The van der Waals surface area contributed by atoms with E-state index in [-0.39, 0.29) is 23.1 Å². The van der Waals surface area contributed by atoms with Crippen LogP contribution in [0.3, 0.4) is 0 Å². The quantitative estimate of drug-likeness (QED) is 0.460. The Morgan fingerprint density at radius 3 is 2.34 bits per heavy atom. The average molecular weight is 438 g/mol. The Bertz CT molecular complexity index is 1110. The van der Waals surface area contributed by atoms with Gasteiger partial charge in [0.2, 0.25) is 0 Å². The summed E-state index contributed by atoms with van der Waals surface area (Å²) in [6.45, 7) is 0.572. The first kappa shape index (κ1) is 21.7. The summed E-state index contributed by atoms with van der Waals surface area (Å²) in [5.74, 6) is -1.66. The zero-order chi connectivity index (χ0) is 22.7. The third-order valence-electron chi connectivity index (χ3n) is 6.02.